The molecule has 1 saturated carbocycles. The molecule has 1 aliphatic carbocycles. The van der Waals surface area contributed by atoms with Crippen molar-refractivity contribution in [1.82, 2.24) is 5.32 Å². The zero-order chi connectivity index (χ0) is 11.5. The second-order valence-corrected chi connectivity index (χ2v) is 5.07. The lowest BCUT2D eigenvalue weighted by Crippen LogP contribution is -2.40. The van der Waals surface area contributed by atoms with E-state index in [0.29, 0.717) is 5.92 Å². The molecule has 86 valence electrons. The molecule has 1 amide bonds. The summed E-state index contributed by atoms with van der Waals surface area (Å²) >= 11 is 0. The van der Waals surface area contributed by atoms with Gasteiger partial charge < -0.3 is 14.8 Å². The summed E-state index contributed by atoms with van der Waals surface area (Å²) in [7, 11) is 0. The van der Waals surface area contributed by atoms with E-state index in [1.165, 1.54) is 12.8 Å². The lowest BCUT2D eigenvalue weighted by atomic mass is 10.1. The van der Waals surface area contributed by atoms with Crippen molar-refractivity contribution in [1.29, 1.82) is 0 Å². The maximum atomic E-state index is 11.3. The maximum absolute atomic E-state index is 11.3. The number of rotatable bonds is 4. The van der Waals surface area contributed by atoms with E-state index >= 15 is 0 Å². The third-order valence-electron chi connectivity index (χ3n) is 2.15. The molecule has 1 rings (SSSR count). The van der Waals surface area contributed by atoms with Crippen LogP contribution >= 0.6 is 0 Å². The van der Waals surface area contributed by atoms with Gasteiger partial charge in [0.2, 0.25) is 0 Å². The van der Waals surface area contributed by atoms with Gasteiger partial charge in [0.15, 0.2) is 0 Å². The van der Waals surface area contributed by atoms with Gasteiger partial charge in [-0.3, -0.25) is 0 Å². The van der Waals surface area contributed by atoms with Gasteiger partial charge in [-0.2, -0.15) is 0 Å². The van der Waals surface area contributed by atoms with Crippen LogP contribution in [0.1, 0.15) is 40.0 Å². The highest BCUT2D eigenvalue weighted by atomic mass is 16.6. The monoisotopic (exact) mass is 213 g/mol. The van der Waals surface area contributed by atoms with Crippen LogP contribution in [0, 0.1) is 5.92 Å². The van der Waals surface area contributed by atoms with Crippen molar-refractivity contribution in [2.75, 3.05) is 0 Å². The second-order valence-electron chi connectivity index (χ2n) is 5.07. The van der Waals surface area contributed by atoms with Gasteiger partial charge in [0.1, 0.15) is 11.9 Å². The Bertz CT molecular complexity index is 241. The Labute approximate surface area is 90.4 Å². The molecule has 4 heteroatoms. The average molecular weight is 213 g/mol. The van der Waals surface area contributed by atoms with Crippen LogP contribution in [-0.2, 0) is 9.53 Å². The number of alkyl carbamates (subject to hydrolysis) is 1. The Morgan fingerprint density at radius 2 is 2.13 bits per heavy atom. The van der Waals surface area contributed by atoms with E-state index in [9.17, 15) is 9.59 Å². The smallest absolute Gasteiger partial charge is 0.408 e. The molecule has 15 heavy (non-hydrogen) atoms. The minimum atomic E-state index is -0.517. The number of amides is 1. The molecule has 0 saturated heterocycles. The summed E-state index contributed by atoms with van der Waals surface area (Å²) in [6.07, 6.45) is 3.34. The summed E-state index contributed by atoms with van der Waals surface area (Å²) in [5, 5.41) is 2.57. The summed E-state index contributed by atoms with van der Waals surface area (Å²) < 4.78 is 5.06. The van der Waals surface area contributed by atoms with Crippen LogP contribution in [0.15, 0.2) is 0 Å². The molecule has 1 atom stereocenters. The van der Waals surface area contributed by atoms with Gasteiger partial charge in [-0.1, -0.05) is 12.8 Å². The molecule has 0 radical (unpaired) electrons. The van der Waals surface area contributed by atoms with Crippen molar-refractivity contribution in [3.8, 4) is 0 Å². The highest BCUT2D eigenvalue weighted by Crippen LogP contribution is 2.33. The van der Waals surface area contributed by atoms with Gasteiger partial charge in [0.25, 0.3) is 0 Å². The molecule has 1 N–H and O–H groups in total. The number of nitrogens with one attached hydrogen (secondary N) is 1. The van der Waals surface area contributed by atoms with E-state index in [2.05, 4.69) is 5.32 Å². The number of carbonyl (C=O) groups is 2. The maximum Gasteiger partial charge on any atom is 0.408 e. The first-order chi connectivity index (χ1) is 6.90. The highest BCUT2D eigenvalue weighted by Gasteiger charge is 2.27. The topological polar surface area (TPSA) is 55.4 Å². The average Bonchev–Trinajstić information content (AvgIpc) is 2.83. The SMILES string of the molecule is CC(C)(C)OC(=O)N[C@H](C=O)CC1CC1. The van der Waals surface area contributed by atoms with E-state index in [4.69, 9.17) is 4.74 Å². The van der Waals surface area contributed by atoms with Crippen LogP contribution in [0.4, 0.5) is 4.79 Å². The highest BCUT2D eigenvalue weighted by molar-refractivity contribution is 5.73. The lowest BCUT2D eigenvalue weighted by molar-refractivity contribution is -0.109. The molecule has 0 spiro atoms. The number of hydrogen-bond donors (Lipinski definition) is 1. The predicted molar refractivity (Wildman–Crippen MR) is 56.6 cm³/mol. The molecule has 0 heterocycles. The minimum Gasteiger partial charge on any atom is -0.444 e. The van der Waals surface area contributed by atoms with Crippen molar-refractivity contribution in [3.05, 3.63) is 0 Å². The fourth-order valence-corrected chi connectivity index (χ4v) is 1.32. The van der Waals surface area contributed by atoms with Crippen LogP contribution in [0.5, 0.6) is 0 Å². The fourth-order valence-electron chi connectivity index (χ4n) is 1.32. The van der Waals surface area contributed by atoms with E-state index in [1.54, 1.807) is 20.8 Å². The third kappa shape index (κ3) is 5.40. The predicted octanol–water partition coefficient (Wildman–Crippen LogP) is 1.88. The van der Waals surface area contributed by atoms with Gasteiger partial charge in [0.05, 0.1) is 6.04 Å². The van der Waals surface area contributed by atoms with E-state index < -0.39 is 17.7 Å². The molecule has 0 unspecified atom stereocenters. The zero-order valence-corrected chi connectivity index (χ0v) is 9.58. The largest absolute Gasteiger partial charge is 0.444 e. The standard InChI is InChI=1S/C11H19NO3/c1-11(2,3)15-10(14)12-9(7-13)6-8-4-5-8/h7-9H,4-6H2,1-3H3,(H,12,14)/t9-/m0/s1. The van der Waals surface area contributed by atoms with Crippen molar-refractivity contribution in [2.24, 2.45) is 5.92 Å². The summed E-state index contributed by atoms with van der Waals surface area (Å²) in [5.41, 5.74) is -0.517. The zero-order valence-electron chi connectivity index (χ0n) is 9.58. The van der Waals surface area contributed by atoms with Crippen molar-refractivity contribution < 1.29 is 14.3 Å². The summed E-state index contributed by atoms with van der Waals surface area (Å²) in [6, 6.07) is -0.396. The van der Waals surface area contributed by atoms with Crippen LogP contribution in [0.2, 0.25) is 0 Å². The molecular formula is C11H19NO3. The quantitative estimate of drug-likeness (QED) is 0.725. The third-order valence-corrected chi connectivity index (χ3v) is 2.15. The van der Waals surface area contributed by atoms with Crippen molar-refractivity contribution in [2.45, 2.75) is 51.7 Å². The Kier molecular flexibility index (Phi) is 3.72. The van der Waals surface area contributed by atoms with Crippen molar-refractivity contribution >= 4 is 12.4 Å². The molecule has 1 fully saturated rings. The van der Waals surface area contributed by atoms with Crippen LogP contribution in [0.25, 0.3) is 0 Å². The normalized spacial score (nSPS) is 18.1. The van der Waals surface area contributed by atoms with E-state index in [1.807, 2.05) is 0 Å². The number of hydrogen-bond acceptors (Lipinski definition) is 3. The molecule has 1 aliphatic rings. The first kappa shape index (κ1) is 12.0. The van der Waals surface area contributed by atoms with Gasteiger partial charge in [-0.15, -0.1) is 0 Å². The number of carbonyl (C=O) groups excluding carboxylic acids is 2. The summed E-state index contributed by atoms with van der Waals surface area (Å²) in [5.74, 6) is 0.607. The first-order valence-electron chi connectivity index (χ1n) is 5.35. The molecule has 0 aliphatic heterocycles. The van der Waals surface area contributed by atoms with E-state index in [0.717, 1.165) is 12.7 Å². The van der Waals surface area contributed by atoms with Gasteiger partial charge in [-0.25, -0.2) is 4.79 Å². The first-order valence-corrected chi connectivity index (χ1v) is 5.35. The van der Waals surface area contributed by atoms with Gasteiger partial charge >= 0.3 is 6.09 Å². The molecule has 4 nitrogen and oxygen atoms in total. The Balaban J connectivity index is 2.30. The van der Waals surface area contributed by atoms with Crippen LogP contribution in [-0.4, -0.2) is 24.0 Å². The van der Waals surface area contributed by atoms with E-state index in [-0.39, 0.29) is 0 Å². The summed E-state index contributed by atoms with van der Waals surface area (Å²) in [4.78, 5) is 22.0. The summed E-state index contributed by atoms with van der Waals surface area (Å²) in [6.45, 7) is 5.39. The Morgan fingerprint density at radius 1 is 1.53 bits per heavy atom. The lowest BCUT2D eigenvalue weighted by Gasteiger charge is -2.21. The molecule has 0 aromatic heterocycles. The second kappa shape index (κ2) is 4.64. The molecule has 0 aromatic carbocycles. The van der Waals surface area contributed by atoms with Gasteiger partial charge in [-0.05, 0) is 33.1 Å². The van der Waals surface area contributed by atoms with Crippen molar-refractivity contribution in [3.63, 3.8) is 0 Å². The van der Waals surface area contributed by atoms with Gasteiger partial charge in [0, 0.05) is 0 Å². The van der Waals surface area contributed by atoms with Crippen LogP contribution < -0.4 is 5.32 Å². The molecular weight excluding hydrogens is 194 g/mol. The Hall–Kier alpha value is -1.06. The number of aldehydes is 1. The molecule has 0 aromatic rings. The molecule has 0 bridgehead atoms. The Morgan fingerprint density at radius 3 is 2.53 bits per heavy atom. The van der Waals surface area contributed by atoms with Crippen LogP contribution in [0.3, 0.4) is 0 Å². The fraction of sp³-hybridized carbons (Fsp3) is 0.818. The minimum absolute atomic E-state index is 0.396. The number of ether oxygens (including phenoxy) is 1.